The van der Waals surface area contributed by atoms with Crippen molar-refractivity contribution in [1.82, 2.24) is 33.2 Å². The highest BCUT2D eigenvalue weighted by Crippen LogP contribution is 2.51. The smallest absolute Gasteiger partial charge is 0.164 e. The molecule has 7 nitrogen and oxygen atoms in total. The molecule has 18 rings (SSSR count). The van der Waals surface area contributed by atoms with E-state index in [4.69, 9.17) is 15.0 Å². The second-order valence-corrected chi connectivity index (χ2v) is 22.7. The summed E-state index contributed by atoms with van der Waals surface area (Å²) in [5.41, 5.74) is 20.3. The molecule has 0 saturated carbocycles. The highest BCUT2D eigenvalue weighted by Gasteiger charge is 2.30. The minimum Gasteiger partial charge on any atom is -0.309 e. The first-order valence-corrected chi connectivity index (χ1v) is 29.9. The van der Waals surface area contributed by atoms with Crippen molar-refractivity contribution in [2.75, 3.05) is 0 Å². The van der Waals surface area contributed by atoms with Crippen LogP contribution in [-0.4, -0.2) is 33.2 Å². The molecule has 0 atom stereocenters. The van der Waals surface area contributed by atoms with E-state index in [2.05, 4.69) is 291 Å². The number of para-hydroxylation sites is 5. The zero-order valence-corrected chi connectivity index (χ0v) is 47.6. The van der Waals surface area contributed by atoms with Gasteiger partial charge in [-0.2, -0.15) is 0 Å². The van der Waals surface area contributed by atoms with Crippen LogP contribution < -0.4 is 0 Å². The van der Waals surface area contributed by atoms with Crippen LogP contribution in [-0.2, 0) is 0 Å². The normalized spacial score (nSPS) is 11.9. The molecule has 0 radical (unpaired) electrons. The number of fused-ring (bicyclic) bond motifs is 15. The fourth-order valence-corrected chi connectivity index (χ4v) is 13.9. The lowest BCUT2D eigenvalue weighted by Crippen LogP contribution is -2.04. The van der Waals surface area contributed by atoms with Gasteiger partial charge in [0.1, 0.15) is 0 Å². The lowest BCUT2D eigenvalue weighted by molar-refractivity contribution is 1.07. The number of nitrogens with zero attached hydrogens (tertiary/aromatic N) is 7. The molecular weight excluding hydrogens is 1070 g/mol. The van der Waals surface area contributed by atoms with Crippen LogP contribution in [0.3, 0.4) is 0 Å². The first kappa shape index (κ1) is 49.5. The second-order valence-electron chi connectivity index (χ2n) is 22.7. The Hall–Kier alpha value is -11.9. The van der Waals surface area contributed by atoms with E-state index in [1.54, 1.807) is 0 Å². The van der Waals surface area contributed by atoms with E-state index in [1.165, 1.54) is 21.9 Å². The number of rotatable bonds is 9. The van der Waals surface area contributed by atoms with Gasteiger partial charge >= 0.3 is 0 Å². The average molecular weight is 1120 g/mol. The van der Waals surface area contributed by atoms with Crippen molar-refractivity contribution >= 4 is 87.2 Å². The standard InChI is InChI=1S/C81H51N7/c1-7-25-52(26-8-1)56-43-45-71-66(49-56)67-50-57(53-27-9-2-10-28-53)44-46-72(67)85(71)61-47-58(81-83-79(54-29-11-3-12-30-54)82-80(84-81)55-31-13-4-14-32-55)48-62(51-61)88-70-42-24-21-39-65(70)75-77-73(63-37-19-22-40-68(63)86(77)59-33-15-5-16-34-59)76-74(78(75)88)64-38-20-23-41-69(64)87(76)60-35-17-6-18-36-60/h1-51H. The topological polar surface area (TPSA) is 58.4 Å². The van der Waals surface area contributed by atoms with Crippen molar-refractivity contribution in [3.05, 3.63) is 309 Å². The Labute approximate surface area is 506 Å². The van der Waals surface area contributed by atoms with Crippen molar-refractivity contribution in [3.63, 3.8) is 0 Å². The highest BCUT2D eigenvalue weighted by molar-refractivity contribution is 6.40. The summed E-state index contributed by atoms with van der Waals surface area (Å²) in [7, 11) is 0. The van der Waals surface area contributed by atoms with Crippen molar-refractivity contribution in [3.8, 4) is 79.2 Å². The van der Waals surface area contributed by atoms with E-state index in [1.807, 2.05) is 36.4 Å². The molecule has 0 fully saturated rings. The van der Waals surface area contributed by atoms with Crippen LogP contribution in [0.25, 0.3) is 166 Å². The van der Waals surface area contributed by atoms with Crippen LogP contribution in [0.15, 0.2) is 309 Å². The van der Waals surface area contributed by atoms with Gasteiger partial charge < -0.3 is 18.3 Å². The second kappa shape index (κ2) is 19.8. The van der Waals surface area contributed by atoms with Gasteiger partial charge in [0, 0.05) is 82.5 Å². The number of hydrogen-bond acceptors (Lipinski definition) is 3. The molecule has 410 valence electrons. The zero-order valence-electron chi connectivity index (χ0n) is 47.6. The zero-order chi connectivity index (χ0) is 57.8. The van der Waals surface area contributed by atoms with Crippen molar-refractivity contribution in [2.24, 2.45) is 0 Å². The Balaban J connectivity index is 1.03. The predicted octanol–water partition coefficient (Wildman–Crippen LogP) is 20.6. The van der Waals surface area contributed by atoms with Gasteiger partial charge in [0.15, 0.2) is 17.5 Å². The molecule has 18 aromatic rings. The van der Waals surface area contributed by atoms with E-state index >= 15 is 0 Å². The average Bonchev–Trinajstić information content (AvgIpc) is 1.53. The van der Waals surface area contributed by atoms with Gasteiger partial charge in [-0.05, 0) is 107 Å². The molecule has 0 spiro atoms. The van der Waals surface area contributed by atoms with Crippen LogP contribution in [0.4, 0.5) is 0 Å². The summed E-state index contributed by atoms with van der Waals surface area (Å²) < 4.78 is 10.0. The summed E-state index contributed by atoms with van der Waals surface area (Å²) in [4.78, 5) is 16.2. The maximum absolute atomic E-state index is 5.47. The summed E-state index contributed by atoms with van der Waals surface area (Å²) in [5, 5.41) is 9.32. The lowest BCUT2D eigenvalue weighted by atomic mass is 10.0. The molecular formula is C81H51N7. The van der Waals surface area contributed by atoms with E-state index in [-0.39, 0.29) is 0 Å². The van der Waals surface area contributed by atoms with Gasteiger partial charge in [0.25, 0.3) is 0 Å². The van der Waals surface area contributed by atoms with Gasteiger partial charge in [0.2, 0.25) is 0 Å². The molecule has 0 aliphatic heterocycles. The van der Waals surface area contributed by atoms with Crippen molar-refractivity contribution in [1.29, 1.82) is 0 Å². The summed E-state index contributed by atoms with van der Waals surface area (Å²) in [6, 6.07) is 111. The van der Waals surface area contributed by atoms with Crippen molar-refractivity contribution < 1.29 is 0 Å². The maximum atomic E-state index is 5.47. The van der Waals surface area contributed by atoms with Gasteiger partial charge in [-0.3, -0.25) is 0 Å². The van der Waals surface area contributed by atoms with Crippen LogP contribution in [0.2, 0.25) is 0 Å². The van der Waals surface area contributed by atoms with E-state index in [0.717, 1.165) is 127 Å². The molecule has 7 heteroatoms. The molecule has 0 bridgehead atoms. The first-order chi connectivity index (χ1) is 43.7. The number of aromatic nitrogens is 7. The van der Waals surface area contributed by atoms with E-state index in [9.17, 15) is 0 Å². The van der Waals surface area contributed by atoms with Gasteiger partial charge in [-0.1, -0.05) is 224 Å². The lowest BCUT2D eigenvalue weighted by Gasteiger charge is -2.17. The fraction of sp³-hybridized carbons (Fsp3) is 0. The third-order valence-electron chi connectivity index (χ3n) is 17.7. The van der Waals surface area contributed by atoms with Crippen LogP contribution in [0.5, 0.6) is 0 Å². The third-order valence-corrected chi connectivity index (χ3v) is 17.7. The monoisotopic (exact) mass is 1120 g/mol. The first-order valence-electron chi connectivity index (χ1n) is 29.9. The predicted molar refractivity (Wildman–Crippen MR) is 364 cm³/mol. The van der Waals surface area contributed by atoms with Crippen LogP contribution >= 0.6 is 0 Å². The molecule has 0 aliphatic carbocycles. The Morgan fingerprint density at radius 1 is 0.182 bits per heavy atom. The third kappa shape index (κ3) is 7.67. The molecule has 5 aromatic heterocycles. The maximum Gasteiger partial charge on any atom is 0.164 e. The quantitative estimate of drug-likeness (QED) is 0.145. The minimum atomic E-state index is 0.562. The molecule has 0 unspecified atom stereocenters. The molecule has 0 amide bonds. The SMILES string of the molecule is c1ccc(-c2ccc3c(c2)c2cc(-c4ccccc4)ccc2n3-c2cc(-c3nc(-c4ccccc4)nc(-c4ccccc4)n3)cc(-n3c4ccccc4c4c5c(c6ccccc6n5-c5ccccc5)c5c(c6ccccc6n5-c5ccccc5)c43)c2)cc1. The Morgan fingerprint density at radius 3 is 0.864 bits per heavy atom. The Kier molecular flexibility index (Phi) is 11.2. The summed E-state index contributed by atoms with van der Waals surface area (Å²) in [5.74, 6) is 1.75. The fourth-order valence-electron chi connectivity index (χ4n) is 13.9. The van der Waals surface area contributed by atoms with Crippen LogP contribution in [0.1, 0.15) is 0 Å². The minimum absolute atomic E-state index is 0.562. The summed E-state index contributed by atoms with van der Waals surface area (Å²) in [6.07, 6.45) is 0. The number of benzene rings is 13. The Morgan fingerprint density at radius 2 is 0.477 bits per heavy atom. The highest BCUT2D eigenvalue weighted by atomic mass is 15.1. The number of hydrogen-bond donors (Lipinski definition) is 0. The van der Waals surface area contributed by atoms with Crippen LogP contribution in [0, 0.1) is 0 Å². The molecule has 0 saturated heterocycles. The van der Waals surface area contributed by atoms with E-state index < -0.39 is 0 Å². The summed E-state index contributed by atoms with van der Waals surface area (Å²) in [6.45, 7) is 0. The van der Waals surface area contributed by atoms with Gasteiger partial charge in [-0.25, -0.2) is 15.0 Å². The molecule has 0 N–H and O–H groups in total. The molecule has 88 heavy (non-hydrogen) atoms. The summed E-state index contributed by atoms with van der Waals surface area (Å²) >= 11 is 0. The van der Waals surface area contributed by atoms with E-state index in [0.29, 0.717) is 17.5 Å². The largest absolute Gasteiger partial charge is 0.309 e. The molecule has 5 heterocycles. The molecule has 13 aromatic carbocycles. The molecule has 0 aliphatic rings. The van der Waals surface area contributed by atoms with Crippen molar-refractivity contribution in [2.45, 2.75) is 0 Å². The van der Waals surface area contributed by atoms with Gasteiger partial charge in [-0.15, -0.1) is 0 Å². The Bertz CT molecular complexity index is 5540. The van der Waals surface area contributed by atoms with Gasteiger partial charge in [0.05, 0.1) is 44.1 Å².